The third kappa shape index (κ3) is 4.09. The number of amides is 1. The van der Waals surface area contributed by atoms with Crippen LogP contribution >= 0.6 is 11.3 Å². The third-order valence-corrected chi connectivity index (χ3v) is 6.27. The summed E-state index contributed by atoms with van der Waals surface area (Å²) >= 11 is 1.64. The lowest BCUT2D eigenvalue weighted by Crippen LogP contribution is -2.35. The highest BCUT2D eigenvalue weighted by molar-refractivity contribution is 7.18. The van der Waals surface area contributed by atoms with Crippen molar-refractivity contribution < 1.29 is 9.90 Å². The van der Waals surface area contributed by atoms with E-state index in [1.165, 1.54) is 5.56 Å². The second-order valence-corrected chi connectivity index (χ2v) is 8.69. The van der Waals surface area contributed by atoms with Gasteiger partial charge in [-0.1, -0.05) is 12.1 Å². The van der Waals surface area contributed by atoms with Crippen molar-refractivity contribution in [3.63, 3.8) is 0 Å². The fraction of sp³-hybridized carbons (Fsp3) is 0.364. The zero-order chi connectivity index (χ0) is 19.7. The number of aromatic nitrogens is 1. The van der Waals surface area contributed by atoms with Gasteiger partial charge < -0.3 is 10.0 Å². The number of aliphatic hydroxyl groups excluding tert-OH is 1. The van der Waals surface area contributed by atoms with Crippen molar-refractivity contribution in [2.75, 3.05) is 25.0 Å². The molecular formula is C22H25N3O2S. The Balaban J connectivity index is 1.44. The number of nitrogens with zero attached hydrogens (tertiary/aromatic N) is 3. The molecule has 0 radical (unpaired) electrons. The standard InChI is InChI=1S/C22H25N3O2S/c1-15-23-20-8-7-18(13-21(20)28-15)24(2)22(27)17-5-3-16(4-6-17)14-25-11-9-19(26)10-12-25/h3-8,13,19,26H,9-12,14H2,1-2H3. The summed E-state index contributed by atoms with van der Waals surface area (Å²) in [6, 6.07) is 13.8. The van der Waals surface area contributed by atoms with E-state index < -0.39 is 0 Å². The van der Waals surface area contributed by atoms with Gasteiger partial charge in [0.15, 0.2) is 0 Å². The van der Waals surface area contributed by atoms with Crippen LogP contribution in [-0.4, -0.2) is 47.1 Å². The molecule has 5 nitrogen and oxygen atoms in total. The lowest BCUT2D eigenvalue weighted by Gasteiger charge is -2.29. The number of anilines is 1. The van der Waals surface area contributed by atoms with Gasteiger partial charge in [0, 0.05) is 37.9 Å². The lowest BCUT2D eigenvalue weighted by atomic mass is 10.1. The molecule has 0 bridgehead atoms. The largest absolute Gasteiger partial charge is 0.393 e. The normalized spacial score (nSPS) is 15.8. The summed E-state index contributed by atoms with van der Waals surface area (Å²) in [6.07, 6.45) is 1.52. The summed E-state index contributed by atoms with van der Waals surface area (Å²) in [4.78, 5) is 21.4. The SMILES string of the molecule is Cc1nc2ccc(N(C)C(=O)c3ccc(CN4CCC(O)CC4)cc3)cc2s1. The molecule has 0 aliphatic carbocycles. The fourth-order valence-corrected chi connectivity index (χ4v) is 4.50. The van der Waals surface area contributed by atoms with Crippen LogP contribution in [0.15, 0.2) is 42.5 Å². The van der Waals surface area contributed by atoms with Crippen LogP contribution in [0.5, 0.6) is 0 Å². The van der Waals surface area contributed by atoms with Gasteiger partial charge in [0.1, 0.15) is 0 Å². The van der Waals surface area contributed by atoms with Gasteiger partial charge in [-0.05, 0) is 55.7 Å². The zero-order valence-corrected chi connectivity index (χ0v) is 17.1. The minimum absolute atomic E-state index is 0.0202. The quantitative estimate of drug-likeness (QED) is 0.729. The number of fused-ring (bicyclic) bond motifs is 1. The summed E-state index contributed by atoms with van der Waals surface area (Å²) in [6.45, 7) is 4.69. The highest BCUT2D eigenvalue weighted by atomic mass is 32.1. The highest BCUT2D eigenvalue weighted by Crippen LogP contribution is 2.27. The molecule has 0 atom stereocenters. The minimum Gasteiger partial charge on any atom is -0.393 e. The Morgan fingerprint density at radius 2 is 1.93 bits per heavy atom. The van der Waals surface area contributed by atoms with E-state index in [1.54, 1.807) is 16.2 Å². The van der Waals surface area contributed by atoms with Crippen molar-refractivity contribution >= 4 is 33.1 Å². The average Bonchev–Trinajstić information content (AvgIpc) is 3.08. The maximum Gasteiger partial charge on any atom is 0.258 e. The molecule has 28 heavy (non-hydrogen) atoms. The monoisotopic (exact) mass is 395 g/mol. The first-order chi connectivity index (χ1) is 13.5. The van der Waals surface area contributed by atoms with Gasteiger partial charge in [-0.3, -0.25) is 9.69 Å². The molecule has 1 aromatic heterocycles. The van der Waals surface area contributed by atoms with Crippen LogP contribution in [-0.2, 0) is 6.54 Å². The number of aliphatic hydroxyl groups is 1. The Kier molecular flexibility index (Phi) is 5.44. The van der Waals surface area contributed by atoms with Gasteiger partial charge in [-0.15, -0.1) is 11.3 Å². The van der Waals surface area contributed by atoms with E-state index in [0.29, 0.717) is 5.56 Å². The van der Waals surface area contributed by atoms with E-state index in [0.717, 1.165) is 53.4 Å². The predicted octanol–water partition coefficient (Wildman–Crippen LogP) is 3.84. The van der Waals surface area contributed by atoms with E-state index >= 15 is 0 Å². The second kappa shape index (κ2) is 7.99. The fourth-order valence-electron chi connectivity index (χ4n) is 3.64. The van der Waals surface area contributed by atoms with Gasteiger partial charge in [0.25, 0.3) is 5.91 Å². The summed E-state index contributed by atoms with van der Waals surface area (Å²) in [5.74, 6) is -0.0202. The van der Waals surface area contributed by atoms with Gasteiger partial charge in [0.2, 0.25) is 0 Å². The van der Waals surface area contributed by atoms with Crippen LogP contribution in [0.1, 0.15) is 33.8 Å². The topological polar surface area (TPSA) is 56.7 Å². The summed E-state index contributed by atoms with van der Waals surface area (Å²) in [7, 11) is 1.81. The van der Waals surface area contributed by atoms with Crippen molar-refractivity contribution in [2.45, 2.75) is 32.4 Å². The Bertz CT molecular complexity index is 975. The maximum absolute atomic E-state index is 12.9. The number of aryl methyl sites for hydroxylation is 1. The molecule has 1 N–H and O–H groups in total. The van der Waals surface area contributed by atoms with Gasteiger partial charge >= 0.3 is 0 Å². The molecule has 2 heterocycles. The Labute approximate surface area is 169 Å². The van der Waals surface area contributed by atoms with Crippen LogP contribution < -0.4 is 4.90 Å². The third-order valence-electron chi connectivity index (χ3n) is 5.34. The van der Waals surface area contributed by atoms with Crippen molar-refractivity contribution in [3.8, 4) is 0 Å². The Morgan fingerprint density at radius 3 is 2.64 bits per heavy atom. The van der Waals surface area contributed by atoms with Crippen molar-refractivity contribution in [1.82, 2.24) is 9.88 Å². The van der Waals surface area contributed by atoms with Gasteiger partial charge in [-0.2, -0.15) is 0 Å². The summed E-state index contributed by atoms with van der Waals surface area (Å²) < 4.78 is 1.09. The number of thiazole rings is 1. The number of likely N-dealkylation sites (tertiary alicyclic amines) is 1. The number of rotatable bonds is 4. The van der Waals surface area contributed by atoms with Crippen molar-refractivity contribution in [1.29, 1.82) is 0 Å². The Morgan fingerprint density at radius 1 is 1.21 bits per heavy atom. The van der Waals surface area contributed by atoms with Gasteiger partial charge in [-0.25, -0.2) is 4.98 Å². The summed E-state index contributed by atoms with van der Waals surface area (Å²) in [5, 5.41) is 10.7. The van der Waals surface area contributed by atoms with Crippen LogP contribution in [0.25, 0.3) is 10.2 Å². The molecule has 1 fully saturated rings. The smallest absolute Gasteiger partial charge is 0.258 e. The molecule has 0 spiro atoms. The number of benzene rings is 2. The van der Waals surface area contributed by atoms with Crippen LogP contribution in [0.4, 0.5) is 5.69 Å². The summed E-state index contributed by atoms with van der Waals surface area (Å²) in [5.41, 5.74) is 3.72. The van der Waals surface area contributed by atoms with E-state index in [9.17, 15) is 9.90 Å². The molecule has 1 aliphatic heterocycles. The molecule has 1 amide bonds. The lowest BCUT2D eigenvalue weighted by molar-refractivity contribution is 0.0792. The molecule has 3 aromatic rings. The van der Waals surface area contributed by atoms with Crippen LogP contribution in [0.3, 0.4) is 0 Å². The van der Waals surface area contributed by atoms with Crippen LogP contribution in [0.2, 0.25) is 0 Å². The van der Waals surface area contributed by atoms with E-state index in [2.05, 4.69) is 9.88 Å². The molecule has 146 valence electrons. The molecule has 4 rings (SSSR count). The minimum atomic E-state index is -0.153. The van der Waals surface area contributed by atoms with Crippen LogP contribution in [0, 0.1) is 6.92 Å². The number of hydrogen-bond acceptors (Lipinski definition) is 5. The average molecular weight is 396 g/mol. The molecule has 1 saturated heterocycles. The number of piperidine rings is 1. The molecule has 2 aromatic carbocycles. The zero-order valence-electron chi connectivity index (χ0n) is 16.3. The molecular weight excluding hydrogens is 370 g/mol. The maximum atomic E-state index is 12.9. The van der Waals surface area contributed by atoms with E-state index in [1.807, 2.05) is 56.4 Å². The van der Waals surface area contributed by atoms with Crippen molar-refractivity contribution in [3.05, 3.63) is 58.6 Å². The number of carbonyl (C=O) groups is 1. The predicted molar refractivity (Wildman–Crippen MR) is 114 cm³/mol. The van der Waals surface area contributed by atoms with Gasteiger partial charge in [0.05, 0.1) is 21.3 Å². The second-order valence-electron chi connectivity index (χ2n) is 7.45. The van der Waals surface area contributed by atoms with E-state index in [-0.39, 0.29) is 12.0 Å². The number of carbonyl (C=O) groups excluding carboxylic acids is 1. The number of hydrogen-bond donors (Lipinski definition) is 1. The molecule has 6 heteroatoms. The molecule has 1 aliphatic rings. The molecule has 0 saturated carbocycles. The highest BCUT2D eigenvalue weighted by Gasteiger charge is 2.18. The van der Waals surface area contributed by atoms with Crippen molar-refractivity contribution in [2.24, 2.45) is 0 Å². The first kappa shape index (κ1) is 19.1. The first-order valence-corrected chi connectivity index (χ1v) is 10.5. The molecule has 0 unspecified atom stereocenters. The Hall–Kier alpha value is -2.28. The van der Waals surface area contributed by atoms with E-state index in [4.69, 9.17) is 0 Å². The first-order valence-electron chi connectivity index (χ1n) is 9.64.